The highest BCUT2D eigenvalue weighted by Gasteiger charge is 2.29. The molecular formula is C11H7Cl3N2O3. The maximum atomic E-state index is 9.32. The van der Waals surface area contributed by atoms with Crippen LogP contribution in [0.15, 0.2) is 22.6 Å². The average molecular weight is 322 g/mol. The molecule has 5 nitrogen and oxygen atoms in total. The van der Waals surface area contributed by atoms with Crippen molar-refractivity contribution in [2.75, 3.05) is 0 Å². The van der Waals surface area contributed by atoms with E-state index in [4.69, 9.17) is 44.3 Å². The number of benzene rings is 1. The molecule has 2 aromatic rings. The molecule has 0 aliphatic heterocycles. The van der Waals surface area contributed by atoms with E-state index in [9.17, 15) is 5.11 Å². The van der Waals surface area contributed by atoms with Crippen LogP contribution in [0.5, 0.6) is 11.5 Å². The Hall–Kier alpha value is -1.43. The minimum Gasteiger partial charge on any atom is -0.504 e. The molecule has 0 atom stereocenters. The highest BCUT2D eigenvalue weighted by molar-refractivity contribution is 6.66. The van der Waals surface area contributed by atoms with Crippen molar-refractivity contribution in [1.29, 1.82) is 0 Å². The van der Waals surface area contributed by atoms with E-state index in [1.54, 1.807) is 12.1 Å². The van der Waals surface area contributed by atoms with Gasteiger partial charge >= 0.3 is 0 Å². The predicted octanol–water partition coefficient (Wildman–Crippen LogP) is 3.48. The van der Waals surface area contributed by atoms with E-state index < -0.39 is 3.79 Å². The molecule has 0 fully saturated rings. The fraction of sp³-hybridized carbons (Fsp3) is 0.0909. The molecule has 0 unspecified atom stereocenters. The van der Waals surface area contributed by atoms with Gasteiger partial charge in [0.15, 0.2) is 11.5 Å². The van der Waals surface area contributed by atoms with Crippen molar-refractivity contribution in [2.24, 2.45) is 0 Å². The Kier molecular flexibility index (Phi) is 3.89. The summed E-state index contributed by atoms with van der Waals surface area (Å²) in [6.45, 7) is 0. The number of aromatic hydroxyl groups is 2. The summed E-state index contributed by atoms with van der Waals surface area (Å²) in [5.41, 5.74) is 0.629. The molecule has 19 heavy (non-hydrogen) atoms. The normalized spacial score (nSPS) is 12.2. The second-order valence-electron chi connectivity index (χ2n) is 3.52. The molecule has 1 aromatic heterocycles. The quantitative estimate of drug-likeness (QED) is 0.654. The Morgan fingerprint density at radius 2 is 1.79 bits per heavy atom. The number of phenols is 2. The average Bonchev–Trinajstić information content (AvgIpc) is 2.79. The third-order valence-corrected chi connectivity index (χ3v) is 2.59. The largest absolute Gasteiger partial charge is 0.504 e. The number of rotatable bonds is 2. The minimum absolute atomic E-state index is 0.134. The number of alkyl halides is 3. The topological polar surface area (TPSA) is 79.4 Å². The fourth-order valence-corrected chi connectivity index (χ4v) is 1.46. The van der Waals surface area contributed by atoms with E-state index in [2.05, 4.69) is 10.2 Å². The minimum atomic E-state index is -1.77. The van der Waals surface area contributed by atoms with Gasteiger partial charge in [-0.1, -0.05) is 40.9 Å². The molecule has 100 valence electrons. The van der Waals surface area contributed by atoms with Crippen molar-refractivity contribution < 1.29 is 14.6 Å². The van der Waals surface area contributed by atoms with Gasteiger partial charge in [0.1, 0.15) is 0 Å². The van der Waals surface area contributed by atoms with Crippen LogP contribution < -0.4 is 0 Å². The maximum absolute atomic E-state index is 9.32. The lowest BCUT2D eigenvalue weighted by atomic mass is 10.2. The molecule has 2 rings (SSSR count). The van der Waals surface area contributed by atoms with Gasteiger partial charge in [-0.25, -0.2) is 0 Å². The number of phenolic OH excluding ortho intramolecular Hbond substituents is 2. The van der Waals surface area contributed by atoms with E-state index in [-0.39, 0.29) is 23.3 Å². The van der Waals surface area contributed by atoms with Gasteiger partial charge in [0.05, 0.1) is 0 Å². The number of nitrogens with zero attached hydrogens (tertiary/aromatic N) is 2. The van der Waals surface area contributed by atoms with Gasteiger partial charge in [-0.2, -0.15) is 0 Å². The standard InChI is InChI=1S/C11H7Cl3N2O3/c12-11(13,14)10-16-15-9(19-10)4-2-6-1-3-7(17)8(18)5-6/h1-5,17-18H/b4-2-. The third-order valence-electron chi connectivity index (χ3n) is 2.10. The molecule has 1 heterocycles. The van der Waals surface area contributed by atoms with E-state index in [1.807, 2.05) is 0 Å². The van der Waals surface area contributed by atoms with Crippen molar-refractivity contribution in [3.05, 3.63) is 35.5 Å². The van der Waals surface area contributed by atoms with Gasteiger partial charge in [0.25, 0.3) is 9.68 Å². The van der Waals surface area contributed by atoms with Crippen LogP contribution in [-0.4, -0.2) is 20.4 Å². The second kappa shape index (κ2) is 5.28. The van der Waals surface area contributed by atoms with E-state index in [0.29, 0.717) is 5.56 Å². The van der Waals surface area contributed by atoms with Crippen LogP contribution in [0.25, 0.3) is 12.2 Å². The van der Waals surface area contributed by atoms with E-state index >= 15 is 0 Å². The van der Waals surface area contributed by atoms with Crippen molar-refractivity contribution in [3.63, 3.8) is 0 Å². The summed E-state index contributed by atoms with van der Waals surface area (Å²) >= 11 is 16.7. The maximum Gasteiger partial charge on any atom is 0.268 e. The lowest BCUT2D eigenvalue weighted by Gasteiger charge is -2.01. The van der Waals surface area contributed by atoms with Crippen LogP contribution >= 0.6 is 34.8 Å². The Morgan fingerprint density at radius 3 is 2.37 bits per heavy atom. The van der Waals surface area contributed by atoms with Crippen LogP contribution in [0.1, 0.15) is 17.3 Å². The van der Waals surface area contributed by atoms with Gasteiger partial charge in [-0.3, -0.25) is 0 Å². The lowest BCUT2D eigenvalue weighted by molar-refractivity contribution is 0.403. The van der Waals surface area contributed by atoms with Crippen molar-refractivity contribution in [1.82, 2.24) is 10.2 Å². The Bertz CT molecular complexity index is 620. The molecule has 1 aromatic carbocycles. The Balaban J connectivity index is 2.18. The monoisotopic (exact) mass is 320 g/mol. The number of hydrogen-bond acceptors (Lipinski definition) is 5. The lowest BCUT2D eigenvalue weighted by Crippen LogP contribution is -1.99. The number of aromatic nitrogens is 2. The molecule has 0 aliphatic rings. The van der Waals surface area contributed by atoms with E-state index in [0.717, 1.165) is 0 Å². The molecule has 0 aliphatic carbocycles. The van der Waals surface area contributed by atoms with Crippen LogP contribution in [0.2, 0.25) is 0 Å². The van der Waals surface area contributed by atoms with Crippen LogP contribution in [0.3, 0.4) is 0 Å². The number of halogens is 3. The fourth-order valence-electron chi connectivity index (χ4n) is 1.23. The zero-order chi connectivity index (χ0) is 14.0. The SMILES string of the molecule is Oc1ccc(/C=C\c2nnc(C(Cl)(Cl)Cl)o2)cc1O. The zero-order valence-corrected chi connectivity index (χ0v) is 11.5. The summed E-state index contributed by atoms with van der Waals surface area (Å²) in [5, 5.41) is 25.7. The molecule has 0 amide bonds. The van der Waals surface area contributed by atoms with Crippen LogP contribution in [0.4, 0.5) is 0 Å². The smallest absolute Gasteiger partial charge is 0.268 e. The first-order chi connectivity index (χ1) is 8.86. The first kappa shape index (κ1) is 14.0. The summed E-state index contributed by atoms with van der Waals surface area (Å²) in [4.78, 5) is 0. The summed E-state index contributed by atoms with van der Waals surface area (Å²) in [5.74, 6) is -0.414. The van der Waals surface area contributed by atoms with Gasteiger partial charge in [0.2, 0.25) is 5.89 Å². The van der Waals surface area contributed by atoms with Crippen molar-refractivity contribution in [2.45, 2.75) is 3.79 Å². The highest BCUT2D eigenvalue weighted by atomic mass is 35.6. The van der Waals surface area contributed by atoms with E-state index in [1.165, 1.54) is 18.2 Å². The number of hydrogen-bond donors (Lipinski definition) is 2. The van der Waals surface area contributed by atoms with Crippen molar-refractivity contribution in [3.8, 4) is 11.5 Å². The second-order valence-corrected chi connectivity index (χ2v) is 5.81. The Labute approximate surface area is 123 Å². The Morgan fingerprint density at radius 1 is 1.05 bits per heavy atom. The molecule has 0 radical (unpaired) electrons. The molecule has 0 bridgehead atoms. The first-order valence-corrected chi connectivity index (χ1v) is 6.10. The summed E-state index contributed by atoms with van der Waals surface area (Å²) in [7, 11) is 0. The molecule has 2 N–H and O–H groups in total. The molecule has 0 saturated heterocycles. The summed E-state index contributed by atoms with van der Waals surface area (Å²) < 4.78 is 3.34. The predicted molar refractivity (Wildman–Crippen MR) is 72.2 cm³/mol. The third kappa shape index (κ3) is 3.53. The highest BCUT2D eigenvalue weighted by Crippen LogP contribution is 2.37. The molecule has 0 saturated carbocycles. The first-order valence-electron chi connectivity index (χ1n) is 4.97. The van der Waals surface area contributed by atoms with Crippen LogP contribution in [0, 0.1) is 0 Å². The molecule has 0 spiro atoms. The van der Waals surface area contributed by atoms with Gasteiger partial charge < -0.3 is 14.6 Å². The van der Waals surface area contributed by atoms with Crippen molar-refractivity contribution >= 4 is 47.0 Å². The van der Waals surface area contributed by atoms with Gasteiger partial charge in [0, 0.05) is 6.08 Å². The molecule has 8 heteroatoms. The van der Waals surface area contributed by atoms with Gasteiger partial charge in [-0.15, -0.1) is 10.2 Å². The van der Waals surface area contributed by atoms with Crippen LogP contribution in [-0.2, 0) is 3.79 Å². The zero-order valence-electron chi connectivity index (χ0n) is 9.22. The summed E-state index contributed by atoms with van der Waals surface area (Å²) in [6.07, 6.45) is 3.08. The summed E-state index contributed by atoms with van der Waals surface area (Å²) in [6, 6.07) is 4.32. The molecular weight excluding hydrogens is 314 g/mol. The van der Waals surface area contributed by atoms with Gasteiger partial charge in [-0.05, 0) is 23.8 Å².